The maximum Gasteiger partial charge on any atom is 0.313 e. The van der Waals surface area contributed by atoms with Gasteiger partial charge in [0, 0.05) is 30.4 Å². The Morgan fingerprint density at radius 3 is 2.59 bits per heavy atom. The van der Waals surface area contributed by atoms with Gasteiger partial charge in [-0.05, 0) is 49.9 Å². The summed E-state index contributed by atoms with van der Waals surface area (Å²) in [5, 5.41) is 5.24. The van der Waals surface area contributed by atoms with Gasteiger partial charge in [0.2, 0.25) is 5.91 Å². The quantitative estimate of drug-likeness (QED) is 0.827. The van der Waals surface area contributed by atoms with Crippen LogP contribution >= 0.6 is 0 Å². The number of carbonyl (C=O) groups is 3. The number of rotatable bonds is 3. The zero-order chi connectivity index (χ0) is 15.7. The molecule has 0 atom stereocenters. The first-order chi connectivity index (χ1) is 10.5. The van der Waals surface area contributed by atoms with Gasteiger partial charge < -0.3 is 15.5 Å². The summed E-state index contributed by atoms with van der Waals surface area (Å²) in [5.74, 6) is -1.13. The smallest absolute Gasteiger partial charge is 0.313 e. The summed E-state index contributed by atoms with van der Waals surface area (Å²) in [5.41, 5.74) is 2.32. The molecule has 2 fully saturated rings. The predicted molar refractivity (Wildman–Crippen MR) is 82.6 cm³/mol. The number of nitrogens with one attached hydrogen (secondary N) is 2. The van der Waals surface area contributed by atoms with Crippen molar-refractivity contribution in [2.45, 2.75) is 38.6 Å². The molecule has 0 aromatic heterocycles. The molecule has 3 amide bonds. The maximum atomic E-state index is 11.8. The summed E-state index contributed by atoms with van der Waals surface area (Å²) in [6, 6.07) is 5.47. The highest BCUT2D eigenvalue weighted by Crippen LogP contribution is 2.27. The molecular formula is C16H19N3O3. The lowest BCUT2D eigenvalue weighted by molar-refractivity contribution is -0.136. The zero-order valence-corrected chi connectivity index (χ0v) is 12.5. The zero-order valence-electron chi connectivity index (χ0n) is 12.5. The van der Waals surface area contributed by atoms with Crippen LogP contribution in [-0.4, -0.2) is 30.3 Å². The molecule has 0 spiro atoms. The molecule has 1 aliphatic heterocycles. The van der Waals surface area contributed by atoms with E-state index < -0.39 is 11.8 Å². The van der Waals surface area contributed by atoms with Crippen LogP contribution in [0.1, 0.15) is 31.2 Å². The average molecular weight is 301 g/mol. The monoisotopic (exact) mass is 301 g/mol. The van der Waals surface area contributed by atoms with E-state index in [2.05, 4.69) is 10.6 Å². The highest BCUT2D eigenvalue weighted by molar-refractivity contribution is 6.39. The number of amides is 3. The van der Waals surface area contributed by atoms with Crippen LogP contribution in [0.2, 0.25) is 0 Å². The SMILES string of the molecule is Cc1cc(NC(=O)C(=O)NC2CC2)ccc1N1CCCC1=O. The molecule has 3 rings (SSSR count). The Morgan fingerprint density at radius 1 is 1.23 bits per heavy atom. The van der Waals surface area contributed by atoms with Crippen molar-refractivity contribution < 1.29 is 14.4 Å². The molecule has 22 heavy (non-hydrogen) atoms. The van der Waals surface area contributed by atoms with Crippen LogP contribution in [0.5, 0.6) is 0 Å². The van der Waals surface area contributed by atoms with Crippen LogP contribution in [0.15, 0.2) is 18.2 Å². The van der Waals surface area contributed by atoms with E-state index in [1.807, 2.05) is 13.0 Å². The normalized spacial score (nSPS) is 17.5. The summed E-state index contributed by atoms with van der Waals surface area (Å²) < 4.78 is 0. The molecule has 116 valence electrons. The lowest BCUT2D eigenvalue weighted by Crippen LogP contribution is -2.36. The molecular weight excluding hydrogens is 282 g/mol. The number of hydrogen-bond donors (Lipinski definition) is 2. The lowest BCUT2D eigenvalue weighted by Gasteiger charge is -2.19. The van der Waals surface area contributed by atoms with Gasteiger partial charge in [-0.2, -0.15) is 0 Å². The summed E-state index contributed by atoms with van der Waals surface area (Å²) in [6.07, 6.45) is 3.34. The molecule has 2 aliphatic rings. The van der Waals surface area contributed by atoms with Gasteiger partial charge in [-0.3, -0.25) is 14.4 Å². The standard InChI is InChI=1S/C16H19N3O3/c1-10-9-12(18-16(22)15(21)17-11-4-5-11)6-7-13(10)19-8-2-3-14(19)20/h6-7,9,11H,2-5,8H2,1H3,(H,17,21)(H,18,22). The number of benzene rings is 1. The molecule has 0 unspecified atom stereocenters. The van der Waals surface area contributed by atoms with Crippen molar-refractivity contribution in [3.8, 4) is 0 Å². The van der Waals surface area contributed by atoms with Crippen LogP contribution < -0.4 is 15.5 Å². The first-order valence-electron chi connectivity index (χ1n) is 7.57. The van der Waals surface area contributed by atoms with E-state index in [0.29, 0.717) is 12.1 Å². The topological polar surface area (TPSA) is 78.5 Å². The Balaban J connectivity index is 1.67. The van der Waals surface area contributed by atoms with Crippen LogP contribution in [0.3, 0.4) is 0 Å². The Hall–Kier alpha value is -2.37. The fourth-order valence-electron chi connectivity index (χ4n) is 2.61. The van der Waals surface area contributed by atoms with Crippen molar-refractivity contribution in [3.05, 3.63) is 23.8 Å². The molecule has 1 aromatic carbocycles. The van der Waals surface area contributed by atoms with Gasteiger partial charge in [0.25, 0.3) is 0 Å². The minimum atomic E-state index is -0.656. The fourth-order valence-corrected chi connectivity index (χ4v) is 2.61. The minimum absolute atomic E-state index is 0.128. The number of anilines is 2. The van der Waals surface area contributed by atoms with Crippen LogP contribution in [-0.2, 0) is 14.4 Å². The third-order valence-corrected chi connectivity index (χ3v) is 3.94. The molecule has 0 bridgehead atoms. The second-order valence-corrected chi connectivity index (χ2v) is 5.85. The van der Waals surface area contributed by atoms with Gasteiger partial charge >= 0.3 is 11.8 Å². The Bertz CT molecular complexity index is 638. The molecule has 1 aromatic rings. The highest BCUT2D eigenvalue weighted by Gasteiger charge is 2.27. The molecule has 1 saturated heterocycles. The van der Waals surface area contributed by atoms with Crippen LogP contribution in [0, 0.1) is 6.92 Å². The Kier molecular flexibility index (Phi) is 3.83. The molecule has 1 heterocycles. The minimum Gasteiger partial charge on any atom is -0.345 e. The molecule has 6 heteroatoms. The van der Waals surface area contributed by atoms with Gasteiger partial charge in [0.15, 0.2) is 0 Å². The fraction of sp³-hybridized carbons (Fsp3) is 0.438. The van der Waals surface area contributed by atoms with Crippen molar-refractivity contribution in [2.24, 2.45) is 0 Å². The number of aryl methyl sites for hydroxylation is 1. The second kappa shape index (κ2) is 5.79. The van der Waals surface area contributed by atoms with Crippen molar-refractivity contribution in [1.82, 2.24) is 5.32 Å². The first kappa shape index (κ1) is 14.6. The van der Waals surface area contributed by atoms with Gasteiger partial charge in [-0.1, -0.05) is 0 Å². The van der Waals surface area contributed by atoms with E-state index in [-0.39, 0.29) is 11.9 Å². The first-order valence-corrected chi connectivity index (χ1v) is 7.57. The van der Waals surface area contributed by atoms with Gasteiger partial charge in [0.1, 0.15) is 0 Å². The van der Waals surface area contributed by atoms with Crippen molar-refractivity contribution in [3.63, 3.8) is 0 Å². The largest absolute Gasteiger partial charge is 0.345 e. The number of carbonyl (C=O) groups excluding carboxylic acids is 3. The van der Waals surface area contributed by atoms with E-state index in [0.717, 1.165) is 37.1 Å². The Morgan fingerprint density at radius 2 is 2.00 bits per heavy atom. The molecule has 0 radical (unpaired) electrons. The van der Waals surface area contributed by atoms with Crippen molar-refractivity contribution in [1.29, 1.82) is 0 Å². The van der Waals surface area contributed by atoms with Crippen LogP contribution in [0.25, 0.3) is 0 Å². The van der Waals surface area contributed by atoms with Gasteiger partial charge in [-0.15, -0.1) is 0 Å². The molecule has 1 saturated carbocycles. The van der Waals surface area contributed by atoms with Gasteiger partial charge in [0.05, 0.1) is 0 Å². The van der Waals surface area contributed by atoms with E-state index >= 15 is 0 Å². The lowest BCUT2D eigenvalue weighted by atomic mass is 10.1. The summed E-state index contributed by atoms with van der Waals surface area (Å²) >= 11 is 0. The van der Waals surface area contributed by atoms with E-state index in [9.17, 15) is 14.4 Å². The molecule has 6 nitrogen and oxygen atoms in total. The molecule has 1 aliphatic carbocycles. The van der Waals surface area contributed by atoms with Crippen molar-refractivity contribution >= 4 is 29.1 Å². The number of hydrogen-bond acceptors (Lipinski definition) is 3. The van der Waals surface area contributed by atoms with Crippen LogP contribution in [0.4, 0.5) is 11.4 Å². The molecule has 2 N–H and O–H groups in total. The highest BCUT2D eigenvalue weighted by atomic mass is 16.2. The summed E-state index contributed by atoms with van der Waals surface area (Å²) in [6.45, 7) is 2.62. The summed E-state index contributed by atoms with van der Waals surface area (Å²) in [4.78, 5) is 37.0. The number of nitrogens with zero attached hydrogens (tertiary/aromatic N) is 1. The Labute approximate surface area is 128 Å². The third kappa shape index (κ3) is 3.10. The second-order valence-electron chi connectivity index (χ2n) is 5.85. The predicted octanol–water partition coefficient (Wildman–Crippen LogP) is 1.34. The van der Waals surface area contributed by atoms with E-state index in [1.54, 1.807) is 17.0 Å². The third-order valence-electron chi connectivity index (χ3n) is 3.94. The summed E-state index contributed by atoms with van der Waals surface area (Å²) in [7, 11) is 0. The average Bonchev–Trinajstić information content (AvgIpc) is 3.19. The van der Waals surface area contributed by atoms with E-state index in [4.69, 9.17) is 0 Å². The van der Waals surface area contributed by atoms with Gasteiger partial charge in [-0.25, -0.2) is 0 Å². The van der Waals surface area contributed by atoms with Crippen molar-refractivity contribution in [2.75, 3.05) is 16.8 Å². The maximum absolute atomic E-state index is 11.8. The van der Waals surface area contributed by atoms with E-state index in [1.165, 1.54) is 0 Å².